The van der Waals surface area contributed by atoms with Crippen molar-refractivity contribution in [2.24, 2.45) is 0 Å². The van der Waals surface area contributed by atoms with Crippen LogP contribution in [0.1, 0.15) is 0 Å². The molecule has 0 aromatic heterocycles. The van der Waals surface area contributed by atoms with Crippen LogP contribution in [0.5, 0.6) is 0 Å². The van der Waals surface area contributed by atoms with Gasteiger partial charge in [-0.3, -0.25) is 4.74 Å². The van der Waals surface area contributed by atoms with Gasteiger partial charge in [0.25, 0.3) is 0 Å². The van der Waals surface area contributed by atoms with E-state index >= 15 is 0 Å². The lowest BCUT2D eigenvalue weighted by Crippen LogP contribution is -2.20. The van der Waals surface area contributed by atoms with E-state index in [-0.39, 0.29) is 23.4 Å². The Balaban J connectivity index is 0.000000845. The zero-order valence-electron chi connectivity index (χ0n) is 5.38. The summed E-state index contributed by atoms with van der Waals surface area (Å²) in [5, 5.41) is 0. The van der Waals surface area contributed by atoms with Gasteiger partial charge in [0.05, 0.1) is 0 Å². The maximum Gasteiger partial charge on any atom is 0.331 e. The Morgan fingerprint density at radius 3 is 2.23 bits per heavy atom. The summed E-state index contributed by atoms with van der Waals surface area (Å²) < 4.78 is 65.7. The summed E-state index contributed by atoms with van der Waals surface area (Å²) in [7, 11) is 0. The van der Waals surface area contributed by atoms with Gasteiger partial charge in [0.1, 0.15) is 0 Å². The summed E-state index contributed by atoms with van der Waals surface area (Å²) in [5.74, 6) is -12.7. The molecule has 1 saturated heterocycles. The first-order chi connectivity index (χ1) is 5.41. The maximum atomic E-state index is 12.7. The van der Waals surface area contributed by atoms with Gasteiger partial charge in [-0.2, -0.15) is 4.39 Å². The number of epoxide rings is 1. The number of ether oxygens (including phenoxy) is 1. The van der Waals surface area contributed by atoms with Crippen LogP contribution in [0.2, 0.25) is 0 Å². The van der Waals surface area contributed by atoms with E-state index < -0.39 is 29.2 Å². The molecule has 0 bridgehead atoms. The van der Waals surface area contributed by atoms with Gasteiger partial charge in [0.2, 0.25) is 5.83 Å². The molecule has 0 amide bonds. The Morgan fingerprint density at radius 1 is 1.15 bits per heavy atom. The van der Waals surface area contributed by atoms with Crippen LogP contribution >= 0.6 is 0 Å². The standard InChI is InChI=1S/C6HF5O.Al.3H/c7-2-1-5(10)6(11,12-5)4(9)3(2)8;;;;/h1H;;;;. The van der Waals surface area contributed by atoms with Gasteiger partial charge in [0.15, 0.2) is 29.0 Å². The molecule has 0 aromatic rings. The lowest BCUT2D eigenvalue weighted by atomic mass is 10.1. The Hall–Kier alpha value is -0.378. The van der Waals surface area contributed by atoms with E-state index in [9.17, 15) is 22.0 Å². The first kappa shape index (κ1) is 10.7. The van der Waals surface area contributed by atoms with Crippen LogP contribution in [0.25, 0.3) is 0 Å². The highest BCUT2D eigenvalue weighted by atomic mass is 27.0. The van der Waals surface area contributed by atoms with Gasteiger partial charge in [0, 0.05) is 6.08 Å². The molecule has 13 heavy (non-hydrogen) atoms. The van der Waals surface area contributed by atoms with Crippen molar-refractivity contribution < 1.29 is 26.7 Å². The molecule has 1 aliphatic heterocycles. The van der Waals surface area contributed by atoms with Crippen LogP contribution in [0, 0.1) is 0 Å². The van der Waals surface area contributed by atoms with Crippen molar-refractivity contribution in [2.75, 3.05) is 0 Å². The highest BCUT2D eigenvalue weighted by Crippen LogP contribution is 2.61. The third kappa shape index (κ3) is 1.08. The third-order valence-corrected chi connectivity index (χ3v) is 1.68. The molecule has 2 rings (SSSR count). The van der Waals surface area contributed by atoms with Crippen LogP contribution in [0.4, 0.5) is 22.0 Å². The molecule has 0 N–H and O–H groups in total. The van der Waals surface area contributed by atoms with Crippen molar-refractivity contribution in [1.82, 2.24) is 0 Å². The van der Waals surface area contributed by atoms with E-state index in [1.165, 1.54) is 0 Å². The number of hydrogen-bond acceptors (Lipinski definition) is 1. The van der Waals surface area contributed by atoms with E-state index in [1.807, 2.05) is 0 Å². The third-order valence-electron chi connectivity index (χ3n) is 1.68. The normalized spacial score (nSPS) is 42.1. The van der Waals surface area contributed by atoms with E-state index in [0.29, 0.717) is 0 Å². The second-order valence-corrected chi connectivity index (χ2v) is 2.46. The maximum absolute atomic E-state index is 12.7. The lowest BCUT2D eigenvalue weighted by Gasteiger charge is -2.06. The number of hydrogen-bond donors (Lipinski definition) is 0. The molecule has 2 atom stereocenters. The summed E-state index contributed by atoms with van der Waals surface area (Å²) in [4.78, 5) is 0. The largest absolute Gasteiger partial charge is 0.331 e. The Labute approximate surface area is 80.0 Å². The van der Waals surface area contributed by atoms with Gasteiger partial charge in [-0.05, 0) is 0 Å². The van der Waals surface area contributed by atoms with Crippen LogP contribution in [-0.4, -0.2) is 29.1 Å². The lowest BCUT2D eigenvalue weighted by molar-refractivity contribution is 0.143. The minimum Gasteiger partial charge on any atom is -0.289 e. The van der Waals surface area contributed by atoms with E-state index in [0.717, 1.165) is 0 Å². The molecule has 1 nitrogen and oxygen atoms in total. The van der Waals surface area contributed by atoms with Crippen molar-refractivity contribution in [1.29, 1.82) is 0 Å². The molecule has 72 valence electrons. The molecule has 1 fully saturated rings. The van der Waals surface area contributed by atoms with Crippen molar-refractivity contribution in [3.8, 4) is 0 Å². The Kier molecular flexibility index (Phi) is 2.11. The summed E-state index contributed by atoms with van der Waals surface area (Å²) in [6, 6.07) is 0. The SMILES string of the molecule is FC1=CC2(F)OC2(F)C(F)=C1F.[AlH3]. The average Bonchev–Trinajstić information content (AvgIpc) is 2.51. The number of halogens is 5. The molecule has 0 spiro atoms. The Bertz CT molecular complexity index is 327. The highest BCUT2D eigenvalue weighted by molar-refractivity contribution is 5.75. The van der Waals surface area contributed by atoms with Crippen LogP contribution in [-0.2, 0) is 4.74 Å². The minimum atomic E-state index is -3.45. The van der Waals surface area contributed by atoms with Crippen molar-refractivity contribution >= 4 is 17.4 Å². The summed E-state index contributed by atoms with van der Waals surface area (Å²) in [5.41, 5.74) is 0. The first-order valence-electron chi connectivity index (χ1n) is 2.93. The van der Waals surface area contributed by atoms with Crippen molar-refractivity contribution in [3.63, 3.8) is 0 Å². The van der Waals surface area contributed by atoms with E-state index in [2.05, 4.69) is 4.74 Å². The molecule has 0 saturated carbocycles. The second kappa shape index (κ2) is 2.56. The Morgan fingerprint density at radius 2 is 1.69 bits per heavy atom. The van der Waals surface area contributed by atoms with Gasteiger partial charge >= 0.3 is 11.7 Å². The molecule has 2 aliphatic rings. The number of rotatable bonds is 0. The second-order valence-electron chi connectivity index (χ2n) is 2.46. The fraction of sp³-hybridized carbons (Fsp3) is 0.333. The quantitative estimate of drug-likeness (QED) is 0.335. The predicted molar refractivity (Wildman–Crippen MR) is 37.1 cm³/mol. The zero-order chi connectivity index (χ0) is 9.15. The molecular formula is C6H4AlF5O. The van der Waals surface area contributed by atoms with Crippen molar-refractivity contribution in [2.45, 2.75) is 11.7 Å². The molecule has 0 aromatic carbocycles. The van der Waals surface area contributed by atoms with E-state index in [4.69, 9.17) is 0 Å². The molecule has 2 unspecified atom stereocenters. The molecule has 1 heterocycles. The summed E-state index contributed by atoms with van der Waals surface area (Å²) >= 11 is 0. The van der Waals surface area contributed by atoms with Crippen molar-refractivity contribution in [3.05, 3.63) is 23.6 Å². The summed E-state index contributed by atoms with van der Waals surface area (Å²) in [6.07, 6.45) is -0.0780. The molecular weight excluding hydrogens is 210 g/mol. The molecule has 1 aliphatic carbocycles. The predicted octanol–water partition coefficient (Wildman–Crippen LogP) is 1.18. The monoisotopic (exact) mass is 214 g/mol. The minimum absolute atomic E-state index is 0. The van der Waals surface area contributed by atoms with Gasteiger partial charge < -0.3 is 0 Å². The first-order valence-corrected chi connectivity index (χ1v) is 2.93. The molecule has 7 heteroatoms. The van der Waals surface area contributed by atoms with Gasteiger partial charge in [-0.25, -0.2) is 17.6 Å². The zero-order valence-corrected chi connectivity index (χ0v) is 5.38. The fourth-order valence-electron chi connectivity index (χ4n) is 0.968. The highest BCUT2D eigenvalue weighted by Gasteiger charge is 2.79. The number of fused-ring (bicyclic) bond motifs is 1. The van der Waals surface area contributed by atoms with Crippen LogP contribution in [0.3, 0.4) is 0 Å². The molecule has 0 radical (unpaired) electrons. The van der Waals surface area contributed by atoms with Gasteiger partial charge in [-0.15, -0.1) is 0 Å². The van der Waals surface area contributed by atoms with E-state index in [1.54, 1.807) is 0 Å². The van der Waals surface area contributed by atoms with Crippen LogP contribution in [0.15, 0.2) is 23.6 Å². The summed E-state index contributed by atoms with van der Waals surface area (Å²) in [6.45, 7) is 0. The number of alkyl halides is 2. The smallest absolute Gasteiger partial charge is 0.289 e. The topological polar surface area (TPSA) is 12.5 Å². The number of allylic oxidation sites excluding steroid dienone is 2. The average molecular weight is 214 g/mol. The fourth-order valence-corrected chi connectivity index (χ4v) is 0.968. The van der Waals surface area contributed by atoms with Gasteiger partial charge in [-0.1, -0.05) is 0 Å². The van der Waals surface area contributed by atoms with Crippen LogP contribution < -0.4 is 0 Å².